The van der Waals surface area contributed by atoms with E-state index in [4.69, 9.17) is 5.11 Å². The zero-order chi connectivity index (χ0) is 13.9. The summed E-state index contributed by atoms with van der Waals surface area (Å²) in [5.74, 6) is -0.257. The molecule has 0 aliphatic rings. The lowest BCUT2D eigenvalue weighted by atomic mass is 9.82. The Hall–Kier alpha value is -0.870. The minimum Gasteiger partial charge on any atom is -0.477 e. The zero-order valence-electron chi connectivity index (χ0n) is 11.8. The van der Waals surface area contributed by atoms with Crippen molar-refractivity contribution in [2.24, 2.45) is 11.3 Å². The number of hydrogen-bond acceptors (Lipinski definition) is 3. The van der Waals surface area contributed by atoms with Gasteiger partial charge in [-0.1, -0.05) is 27.7 Å². The molecule has 0 aromatic carbocycles. The molecule has 1 aromatic rings. The first-order chi connectivity index (χ1) is 8.21. The lowest BCUT2D eigenvalue weighted by Gasteiger charge is -2.27. The van der Waals surface area contributed by atoms with Crippen LogP contribution in [0, 0.1) is 18.3 Å². The van der Waals surface area contributed by atoms with Crippen LogP contribution in [0.4, 0.5) is 0 Å². The molecular weight excluding hydrogens is 246 g/mol. The van der Waals surface area contributed by atoms with Crippen LogP contribution in [0.5, 0.6) is 0 Å². The van der Waals surface area contributed by atoms with E-state index >= 15 is 0 Å². The van der Waals surface area contributed by atoms with Gasteiger partial charge in [0.15, 0.2) is 0 Å². The summed E-state index contributed by atoms with van der Waals surface area (Å²) in [6, 6.07) is 1.77. The summed E-state index contributed by atoms with van der Waals surface area (Å²) >= 11 is 1.35. The summed E-state index contributed by atoms with van der Waals surface area (Å²) in [6.45, 7) is 12.6. The highest BCUT2D eigenvalue weighted by Gasteiger charge is 2.19. The average molecular weight is 269 g/mol. The molecule has 4 heteroatoms. The molecule has 0 radical (unpaired) electrons. The molecule has 0 aliphatic heterocycles. The summed E-state index contributed by atoms with van der Waals surface area (Å²) in [7, 11) is 0. The van der Waals surface area contributed by atoms with Gasteiger partial charge in [0.05, 0.1) is 0 Å². The number of carbonyl (C=O) groups is 1. The van der Waals surface area contributed by atoms with Crippen molar-refractivity contribution < 1.29 is 9.90 Å². The van der Waals surface area contributed by atoms with Gasteiger partial charge in [-0.2, -0.15) is 0 Å². The van der Waals surface area contributed by atoms with E-state index in [-0.39, 0.29) is 0 Å². The summed E-state index contributed by atoms with van der Waals surface area (Å²) in [6.07, 6.45) is 0. The maximum absolute atomic E-state index is 10.9. The molecule has 18 heavy (non-hydrogen) atoms. The molecule has 1 atom stereocenters. The van der Waals surface area contributed by atoms with Gasteiger partial charge >= 0.3 is 5.97 Å². The number of aromatic carboxylic acids is 1. The highest BCUT2D eigenvalue weighted by Crippen LogP contribution is 2.25. The van der Waals surface area contributed by atoms with Crippen molar-refractivity contribution in [2.45, 2.75) is 41.2 Å². The topological polar surface area (TPSA) is 49.3 Å². The molecule has 1 unspecified atom stereocenters. The first-order valence-corrected chi connectivity index (χ1v) is 7.06. The Morgan fingerprint density at radius 3 is 2.56 bits per heavy atom. The van der Waals surface area contributed by atoms with Crippen LogP contribution in [-0.4, -0.2) is 17.6 Å². The van der Waals surface area contributed by atoms with Gasteiger partial charge in [0, 0.05) is 11.4 Å². The maximum Gasteiger partial charge on any atom is 0.345 e. The molecule has 0 amide bonds. The maximum atomic E-state index is 10.9. The van der Waals surface area contributed by atoms with Gasteiger partial charge < -0.3 is 10.4 Å². The smallest absolute Gasteiger partial charge is 0.345 e. The van der Waals surface area contributed by atoms with Crippen molar-refractivity contribution in [1.29, 1.82) is 0 Å². The normalized spacial score (nSPS) is 13.6. The Morgan fingerprint density at radius 1 is 1.50 bits per heavy atom. The van der Waals surface area contributed by atoms with E-state index in [1.54, 1.807) is 6.07 Å². The van der Waals surface area contributed by atoms with E-state index in [0.29, 0.717) is 16.2 Å². The summed E-state index contributed by atoms with van der Waals surface area (Å²) in [5.41, 5.74) is 1.39. The summed E-state index contributed by atoms with van der Waals surface area (Å²) < 4.78 is 0. The van der Waals surface area contributed by atoms with E-state index in [1.807, 2.05) is 6.92 Å². The second-order valence-electron chi connectivity index (χ2n) is 5.90. The fourth-order valence-electron chi connectivity index (χ4n) is 1.53. The lowest BCUT2D eigenvalue weighted by molar-refractivity contribution is 0.0702. The molecule has 0 aliphatic carbocycles. The van der Waals surface area contributed by atoms with Gasteiger partial charge in [0.25, 0.3) is 0 Å². The number of hydrogen-bond donors (Lipinski definition) is 2. The molecule has 2 N–H and O–H groups in total. The van der Waals surface area contributed by atoms with E-state index in [2.05, 4.69) is 33.0 Å². The Kier molecular flexibility index (Phi) is 4.93. The lowest BCUT2D eigenvalue weighted by Crippen LogP contribution is -2.29. The van der Waals surface area contributed by atoms with Crippen LogP contribution in [-0.2, 0) is 6.54 Å². The van der Waals surface area contributed by atoms with Crippen LogP contribution in [0.3, 0.4) is 0 Å². The SMILES string of the molecule is Cc1sc(C(=O)O)cc1CNCC(C)C(C)(C)C. The summed E-state index contributed by atoms with van der Waals surface area (Å²) in [4.78, 5) is 12.4. The molecule has 1 rings (SSSR count). The van der Waals surface area contributed by atoms with Crippen molar-refractivity contribution >= 4 is 17.3 Å². The van der Waals surface area contributed by atoms with Crippen LogP contribution in [0.25, 0.3) is 0 Å². The summed E-state index contributed by atoms with van der Waals surface area (Å²) in [5, 5.41) is 12.3. The highest BCUT2D eigenvalue weighted by molar-refractivity contribution is 7.14. The molecule has 1 heterocycles. The van der Waals surface area contributed by atoms with Crippen LogP contribution >= 0.6 is 11.3 Å². The predicted molar refractivity (Wildman–Crippen MR) is 76.3 cm³/mol. The van der Waals surface area contributed by atoms with Gasteiger partial charge in [-0.25, -0.2) is 4.79 Å². The van der Waals surface area contributed by atoms with Crippen molar-refractivity contribution in [1.82, 2.24) is 5.32 Å². The van der Waals surface area contributed by atoms with Crippen molar-refractivity contribution in [2.75, 3.05) is 6.54 Å². The van der Waals surface area contributed by atoms with Crippen LogP contribution in [0.1, 0.15) is 47.8 Å². The Morgan fingerprint density at radius 2 is 2.11 bits per heavy atom. The molecule has 0 fully saturated rings. The molecule has 0 saturated carbocycles. The molecule has 0 spiro atoms. The first kappa shape index (κ1) is 15.2. The molecule has 102 valence electrons. The Bertz CT molecular complexity index is 418. The largest absolute Gasteiger partial charge is 0.477 e. The third-order valence-corrected chi connectivity index (χ3v) is 4.56. The minimum atomic E-state index is -0.836. The van der Waals surface area contributed by atoms with Crippen LogP contribution in [0.15, 0.2) is 6.07 Å². The van der Waals surface area contributed by atoms with E-state index in [9.17, 15) is 4.79 Å². The molecule has 0 saturated heterocycles. The Labute approximate surface area is 113 Å². The average Bonchev–Trinajstić information content (AvgIpc) is 2.59. The standard InChI is InChI=1S/C14H23NO2S/c1-9(14(3,4)5)7-15-8-11-6-12(13(16)17)18-10(11)2/h6,9,15H,7-8H2,1-5H3,(H,16,17). The van der Waals surface area contributed by atoms with Gasteiger partial charge in [0.2, 0.25) is 0 Å². The fourth-order valence-corrected chi connectivity index (χ4v) is 2.41. The molecule has 0 bridgehead atoms. The molecule has 1 aromatic heterocycles. The van der Waals surface area contributed by atoms with Gasteiger partial charge in [-0.3, -0.25) is 0 Å². The van der Waals surface area contributed by atoms with Crippen molar-refractivity contribution in [3.05, 3.63) is 21.4 Å². The van der Waals surface area contributed by atoms with Crippen LogP contribution in [0.2, 0.25) is 0 Å². The molecular formula is C14H23NO2S. The van der Waals surface area contributed by atoms with Gasteiger partial charge in [-0.15, -0.1) is 11.3 Å². The predicted octanol–water partition coefficient (Wildman–Crippen LogP) is 3.53. The number of carboxylic acid groups (broad SMARTS) is 1. The monoisotopic (exact) mass is 269 g/mol. The molecule has 3 nitrogen and oxygen atoms in total. The Balaban J connectivity index is 2.52. The van der Waals surface area contributed by atoms with E-state index in [1.165, 1.54) is 11.3 Å². The van der Waals surface area contributed by atoms with E-state index < -0.39 is 5.97 Å². The third kappa shape index (κ3) is 4.10. The quantitative estimate of drug-likeness (QED) is 0.859. The van der Waals surface area contributed by atoms with Crippen molar-refractivity contribution in [3.63, 3.8) is 0 Å². The zero-order valence-corrected chi connectivity index (χ0v) is 12.6. The second-order valence-corrected chi connectivity index (χ2v) is 7.15. The number of carboxylic acids is 1. The highest BCUT2D eigenvalue weighted by atomic mass is 32.1. The third-order valence-electron chi connectivity index (χ3n) is 3.48. The number of nitrogens with one attached hydrogen (secondary N) is 1. The van der Waals surface area contributed by atoms with Crippen LogP contribution < -0.4 is 5.32 Å². The van der Waals surface area contributed by atoms with Crippen molar-refractivity contribution in [3.8, 4) is 0 Å². The first-order valence-electron chi connectivity index (χ1n) is 6.25. The fraction of sp³-hybridized carbons (Fsp3) is 0.643. The second kappa shape index (κ2) is 5.85. The number of rotatable bonds is 5. The minimum absolute atomic E-state index is 0.295. The van der Waals surface area contributed by atoms with E-state index in [0.717, 1.165) is 23.5 Å². The van der Waals surface area contributed by atoms with Gasteiger partial charge in [-0.05, 0) is 36.4 Å². The number of aryl methyl sites for hydroxylation is 1. The van der Waals surface area contributed by atoms with Gasteiger partial charge in [0.1, 0.15) is 4.88 Å². The number of thiophene rings is 1.